The number of nitrogens with zero attached hydrogens (tertiary/aromatic N) is 3. The van der Waals surface area contributed by atoms with Crippen LogP contribution in [-0.4, -0.2) is 28.2 Å². The van der Waals surface area contributed by atoms with Crippen LogP contribution in [0, 0.1) is 11.3 Å². The highest BCUT2D eigenvalue weighted by atomic mass is 16.5. The second-order valence-corrected chi connectivity index (χ2v) is 5.39. The van der Waals surface area contributed by atoms with Gasteiger partial charge in [0.15, 0.2) is 5.82 Å². The van der Waals surface area contributed by atoms with Crippen LogP contribution >= 0.6 is 0 Å². The van der Waals surface area contributed by atoms with Gasteiger partial charge in [0.1, 0.15) is 11.8 Å². The molecule has 1 aromatic heterocycles. The van der Waals surface area contributed by atoms with Crippen molar-refractivity contribution in [3.8, 4) is 11.8 Å². The van der Waals surface area contributed by atoms with Crippen LogP contribution in [0.25, 0.3) is 12.2 Å². The van der Waals surface area contributed by atoms with Crippen molar-refractivity contribution in [2.45, 2.75) is 19.8 Å². The van der Waals surface area contributed by atoms with E-state index in [2.05, 4.69) is 16.0 Å². The number of ether oxygens (including phenoxy) is 1. The van der Waals surface area contributed by atoms with E-state index in [1.54, 1.807) is 24.3 Å². The van der Waals surface area contributed by atoms with Gasteiger partial charge in [-0.1, -0.05) is 26.0 Å². The van der Waals surface area contributed by atoms with Crippen molar-refractivity contribution in [3.63, 3.8) is 0 Å². The van der Waals surface area contributed by atoms with Crippen molar-refractivity contribution < 1.29 is 14.6 Å². The van der Waals surface area contributed by atoms with Gasteiger partial charge in [0.2, 0.25) is 0 Å². The maximum atomic E-state index is 11.2. The number of rotatable bonds is 5. The summed E-state index contributed by atoms with van der Waals surface area (Å²) in [5.41, 5.74) is 1.83. The molecule has 1 heterocycles. The molecule has 0 bridgehead atoms. The van der Waals surface area contributed by atoms with E-state index in [0.717, 1.165) is 5.56 Å². The van der Waals surface area contributed by atoms with Crippen molar-refractivity contribution in [1.82, 2.24) is 9.97 Å². The molecular formula is C18H17N3O3. The van der Waals surface area contributed by atoms with E-state index < -0.39 is 5.97 Å². The first-order valence-corrected chi connectivity index (χ1v) is 7.32. The predicted octanol–water partition coefficient (Wildman–Crippen LogP) is 3.35. The van der Waals surface area contributed by atoms with Crippen LogP contribution < -0.4 is 4.74 Å². The molecule has 2 aromatic rings. The number of aromatic nitrogens is 2. The summed E-state index contributed by atoms with van der Waals surface area (Å²) in [6.07, 6.45) is 4.76. The summed E-state index contributed by atoms with van der Waals surface area (Å²) in [4.78, 5) is 19.6. The lowest BCUT2D eigenvalue weighted by atomic mass is 10.1. The zero-order valence-corrected chi connectivity index (χ0v) is 13.6. The fraction of sp³-hybridized carbons (Fsp3) is 0.222. The fourth-order valence-electron chi connectivity index (χ4n) is 2.18. The number of methoxy groups -OCH3 is 1. The zero-order valence-electron chi connectivity index (χ0n) is 13.6. The molecule has 0 amide bonds. The van der Waals surface area contributed by atoms with Crippen LogP contribution in [0.15, 0.2) is 24.4 Å². The summed E-state index contributed by atoms with van der Waals surface area (Å²) in [5.74, 6) is -0.141. The Hall–Kier alpha value is -3.20. The third-order valence-corrected chi connectivity index (χ3v) is 3.38. The van der Waals surface area contributed by atoms with Gasteiger partial charge >= 0.3 is 5.97 Å². The van der Waals surface area contributed by atoms with E-state index in [-0.39, 0.29) is 11.5 Å². The second kappa shape index (κ2) is 7.38. The van der Waals surface area contributed by atoms with Crippen molar-refractivity contribution in [2.75, 3.05) is 7.11 Å². The Kier molecular flexibility index (Phi) is 5.27. The number of hydrogen-bond donors (Lipinski definition) is 1. The normalized spacial score (nSPS) is 10.8. The third kappa shape index (κ3) is 3.76. The Morgan fingerprint density at radius 3 is 2.71 bits per heavy atom. The first-order chi connectivity index (χ1) is 11.5. The molecule has 0 unspecified atom stereocenters. The van der Waals surface area contributed by atoms with Crippen molar-refractivity contribution in [3.05, 3.63) is 52.6 Å². The smallest absolute Gasteiger partial charge is 0.339 e. The number of nitriles is 1. The minimum atomic E-state index is -1.04. The van der Waals surface area contributed by atoms with E-state index >= 15 is 0 Å². The highest BCUT2D eigenvalue weighted by molar-refractivity contribution is 5.88. The molecule has 24 heavy (non-hydrogen) atoms. The molecule has 0 spiro atoms. The third-order valence-electron chi connectivity index (χ3n) is 3.38. The van der Waals surface area contributed by atoms with E-state index in [1.165, 1.54) is 13.3 Å². The monoisotopic (exact) mass is 323 g/mol. The predicted molar refractivity (Wildman–Crippen MR) is 89.7 cm³/mol. The standard InChI is InChI=1S/C18H17N3O3/c1-11(2)17-14(18(22)23)10-20-16(21-17)7-5-12-4-6-15(24-3)13(8-12)9-19/h4-8,10-11H,1-3H3,(H,22,23)/b7-5+. The first-order valence-electron chi connectivity index (χ1n) is 7.32. The summed E-state index contributed by atoms with van der Waals surface area (Å²) in [5, 5.41) is 18.3. The number of hydrogen-bond acceptors (Lipinski definition) is 5. The minimum Gasteiger partial charge on any atom is -0.495 e. The first kappa shape index (κ1) is 17.2. The molecule has 6 heteroatoms. The van der Waals surface area contributed by atoms with Crippen molar-refractivity contribution in [2.24, 2.45) is 0 Å². The Bertz CT molecular complexity index is 836. The molecule has 0 aliphatic heterocycles. The molecule has 0 aliphatic rings. The van der Waals surface area contributed by atoms with Gasteiger partial charge in [0.25, 0.3) is 0 Å². The van der Waals surface area contributed by atoms with Gasteiger partial charge in [-0.3, -0.25) is 0 Å². The quantitative estimate of drug-likeness (QED) is 0.906. The molecule has 0 fully saturated rings. The Morgan fingerprint density at radius 1 is 1.38 bits per heavy atom. The second-order valence-electron chi connectivity index (χ2n) is 5.39. The average molecular weight is 323 g/mol. The molecule has 122 valence electrons. The van der Waals surface area contributed by atoms with Crippen LogP contribution in [0.4, 0.5) is 0 Å². The van der Waals surface area contributed by atoms with Gasteiger partial charge in [0.05, 0.1) is 23.9 Å². The highest BCUT2D eigenvalue weighted by Gasteiger charge is 2.15. The van der Waals surface area contributed by atoms with E-state index in [0.29, 0.717) is 22.8 Å². The minimum absolute atomic E-state index is 0.0302. The topological polar surface area (TPSA) is 96.1 Å². The number of aromatic carboxylic acids is 1. The average Bonchev–Trinajstić information content (AvgIpc) is 2.59. The summed E-state index contributed by atoms with van der Waals surface area (Å²) >= 11 is 0. The summed E-state index contributed by atoms with van der Waals surface area (Å²) in [7, 11) is 1.51. The zero-order chi connectivity index (χ0) is 17.7. The van der Waals surface area contributed by atoms with Crippen molar-refractivity contribution in [1.29, 1.82) is 5.26 Å². The molecule has 1 N–H and O–H groups in total. The van der Waals surface area contributed by atoms with E-state index in [1.807, 2.05) is 19.9 Å². The van der Waals surface area contributed by atoms with Gasteiger partial charge in [-0.25, -0.2) is 14.8 Å². The SMILES string of the molecule is COc1ccc(/C=C/c2ncc(C(=O)O)c(C(C)C)n2)cc1C#N. The van der Waals surface area contributed by atoms with Gasteiger partial charge in [-0.15, -0.1) is 0 Å². The molecule has 0 radical (unpaired) electrons. The lowest BCUT2D eigenvalue weighted by Crippen LogP contribution is -2.08. The highest BCUT2D eigenvalue weighted by Crippen LogP contribution is 2.21. The molecule has 2 rings (SSSR count). The molecule has 0 aliphatic carbocycles. The molecule has 0 atom stereocenters. The van der Waals surface area contributed by atoms with Gasteiger partial charge < -0.3 is 9.84 Å². The summed E-state index contributed by atoms with van der Waals surface area (Å²) in [6, 6.07) is 7.30. The Balaban J connectivity index is 2.34. The van der Waals surface area contributed by atoms with Gasteiger partial charge in [0, 0.05) is 6.20 Å². The molecule has 1 aromatic carbocycles. The Morgan fingerprint density at radius 2 is 2.12 bits per heavy atom. The molecule has 0 saturated carbocycles. The maximum Gasteiger partial charge on any atom is 0.339 e. The van der Waals surface area contributed by atoms with Crippen LogP contribution in [0.1, 0.15) is 52.8 Å². The lowest BCUT2D eigenvalue weighted by molar-refractivity contribution is 0.0694. The molecular weight excluding hydrogens is 306 g/mol. The number of carboxylic acids is 1. The van der Waals surface area contributed by atoms with Crippen LogP contribution in [0.3, 0.4) is 0 Å². The van der Waals surface area contributed by atoms with Crippen LogP contribution in [-0.2, 0) is 0 Å². The maximum absolute atomic E-state index is 11.2. The van der Waals surface area contributed by atoms with Gasteiger partial charge in [-0.2, -0.15) is 5.26 Å². The van der Waals surface area contributed by atoms with Crippen molar-refractivity contribution >= 4 is 18.1 Å². The molecule has 0 saturated heterocycles. The number of benzene rings is 1. The van der Waals surface area contributed by atoms with Crippen LogP contribution in [0.2, 0.25) is 0 Å². The van der Waals surface area contributed by atoms with Gasteiger partial charge in [-0.05, 0) is 29.7 Å². The number of carbonyl (C=O) groups is 1. The Labute approximate surface area is 140 Å². The lowest BCUT2D eigenvalue weighted by Gasteiger charge is -2.08. The summed E-state index contributed by atoms with van der Waals surface area (Å²) in [6.45, 7) is 3.76. The van der Waals surface area contributed by atoms with E-state index in [9.17, 15) is 9.90 Å². The van der Waals surface area contributed by atoms with Crippen LogP contribution in [0.5, 0.6) is 5.75 Å². The largest absolute Gasteiger partial charge is 0.495 e. The molecule has 6 nitrogen and oxygen atoms in total. The summed E-state index contributed by atoms with van der Waals surface area (Å²) < 4.78 is 5.10. The number of carboxylic acid groups (broad SMARTS) is 1. The fourth-order valence-corrected chi connectivity index (χ4v) is 2.18. The van der Waals surface area contributed by atoms with E-state index in [4.69, 9.17) is 10.00 Å².